The zero-order valence-corrected chi connectivity index (χ0v) is 14.3. The van der Waals surface area contributed by atoms with Gasteiger partial charge in [0, 0.05) is 18.4 Å². The van der Waals surface area contributed by atoms with Crippen LogP contribution in [0.2, 0.25) is 0 Å². The lowest BCUT2D eigenvalue weighted by molar-refractivity contribution is -0.150. The fourth-order valence-corrected chi connectivity index (χ4v) is 2.55. The Bertz CT molecular complexity index is 743. The summed E-state index contributed by atoms with van der Waals surface area (Å²) in [6.45, 7) is 1.59. The van der Waals surface area contributed by atoms with E-state index in [4.69, 9.17) is 4.74 Å². The van der Waals surface area contributed by atoms with Crippen LogP contribution in [0.4, 0.5) is 0 Å². The molecule has 0 bridgehead atoms. The molecule has 130 valence electrons. The van der Waals surface area contributed by atoms with Crippen LogP contribution in [0.3, 0.4) is 0 Å². The SMILES string of the molecule is COC(=O)[C@](C)(NC(=O)CCC(=O)c1ccccc1)c1ccccc1. The highest BCUT2D eigenvalue weighted by molar-refractivity contribution is 5.98. The Labute approximate surface area is 147 Å². The van der Waals surface area contributed by atoms with E-state index in [9.17, 15) is 14.4 Å². The van der Waals surface area contributed by atoms with Gasteiger partial charge in [-0.1, -0.05) is 60.7 Å². The number of methoxy groups -OCH3 is 1. The first kappa shape index (κ1) is 18.4. The van der Waals surface area contributed by atoms with Crippen LogP contribution in [0.15, 0.2) is 60.7 Å². The molecule has 2 aromatic carbocycles. The van der Waals surface area contributed by atoms with Crippen LogP contribution < -0.4 is 5.32 Å². The van der Waals surface area contributed by atoms with E-state index < -0.39 is 11.5 Å². The molecular weight excluding hydrogens is 318 g/mol. The van der Waals surface area contributed by atoms with Gasteiger partial charge in [-0.25, -0.2) is 4.79 Å². The Kier molecular flexibility index (Phi) is 6.06. The van der Waals surface area contributed by atoms with Gasteiger partial charge in [0.15, 0.2) is 11.3 Å². The van der Waals surface area contributed by atoms with Gasteiger partial charge >= 0.3 is 5.97 Å². The normalized spacial score (nSPS) is 12.7. The van der Waals surface area contributed by atoms with Crippen molar-refractivity contribution in [3.8, 4) is 0 Å². The van der Waals surface area contributed by atoms with Crippen LogP contribution in [0, 0.1) is 0 Å². The molecule has 0 unspecified atom stereocenters. The van der Waals surface area contributed by atoms with Crippen molar-refractivity contribution in [1.29, 1.82) is 0 Å². The highest BCUT2D eigenvalue weighted by Crippen LogP contribution is 2.22. The van der Waals surface area contributed by atoms with Crippen LogP contribution in [-0.2, 0) is 19.9 Å². The van der Waals surface area contributed by atoms with Gasteiger partial charge in [-0.05, 0) is 12.5 Å². The number of hydrogen-bond acceptors (Lipinski definition) is 4. The van der Waals surface area contributed by atoms with Crippen LogP contribution in [0.25, 0.3) is 0 Å². The van der Waals surface area contributed by atoms with Gasteiger partial charge in [-0.3, -0.25) is 9.59 Å². The summed E-state index contributed by atoms with van der Waals surface area (Å²) in [4.78, 5) is 36.6. The number of esters is 1. The maximum Gasteiger partial charge on any atom is 0.336 e. The van der Waals surface area contributed by atoms with Crippen molar-refractivity contribution >= 4 is 17.7 Å². The zero-order valence-electron chi connectivity index (χ0n) is 14.3. The van der Waals surface area contributed by atoms with E-state index in [0.717, 1.165) is 0 Å². The summed E-state index contributed by atoms with van der Waals surface area (Å²) in [5.74, 6) is -1.07. The van der Waals surface area contributed by atoms with Gasteiger partial charge in [0.1, 0.15) is 0 Å². The van der Waals surface area contributed by atoms with Gasteiger partial charge in [-0.2, -0.15) is 0 Å². The summed E-state index contributed by atoms with van der Waals surface area (Å²) in [6, 6.07) is 17.7. The van der Waals surface area contributed by atoms with E-state index in [1.54, 1.807) is 55.5 Å². The van der Waals surface area contributed by atoms with E-state index >= 15 is 0 Å². The molecule has 0 aromatic heterocycles. The Hall–Kier alpha value is -2.95. The van der Waals surface area contributed by atoms with Crippen molar-refractivity contribution in [3.05, 3.63) is 71.8 Å². The number of nitrogens with one attached hydrogen (secondary N) is 1. The molecule has 0 saturated carbocycles. The Morgan fingerprint density at radius 2 is 1.48 bits per heavy atom. The summed E-state index contributed by atoms with van der Waals surface area (Å²) in [6.07, 6.45) is 0.0645. The topological polar surface area (TPSA) is 72.5 Å². The summed E-state index contributed by atoms with van der Waals surface area (Å²) in [7, 11) is 1.27. The highest BCUT2D eigenvalue weighted by Gasteiger charge is 2.37. The number of amides is 1. The molecule has 0 spiro atoms. The predicted molar refractivity (Wildman–Crippen MR) is 94.0 cm³/mol. The molecule has 5 heteroatoms. The van der Waals surface area contributed by atoms with Crippen molar-refractivity contribution in [2.75, 3.05) is 7.11 Å². The number of hydrogen-bond donors (Lipinski definition) is 1. The van der Waals surface area contributed by atoms with Crippen LogP contribution in [0.5, 0.6) is 0 Å². The third-order valence-corrected chi connectivity index (χ3v) is 4.01. The van der Waals surface area contributed by atoms with Crippen LogP contribution >= 0.6 is 0 Å². The van der Waals surface area contributed by atoms with Gasteiger partial charge in [0.05, 0.1) is 7.11 Å². The molecule has 2 rings (SSSR count). The molecule has 25 heavy (non-hydrogen) atoms. The summed E-state index contributed by atoms with van der Waals surface area (Å²) >= 11 is 0. The van der Waals surface area contributed by atoms with E-state index in [0.29, 0.717) is 11.1 Å². The third-order valence-electron chi connectivity index (χ3n) is 4.01. The standard InChI is InChI=1S/C20H21NO4/c1-20(19(24)25-2,16-11-7-4-8-12-16)21-18(23)14-13-17(22)15-9-5-3-6-10-15/h3-12H,13-14H2,1-2H3,(H,21,23)/t20-/m1/s1. The van der Waals surface area contributed by atoms with Crippen molar-refractivity contribution in [3.63, 3.8) is 0 Å². The minimum Gasteiger partial charge on any atom is -0.467 e. The van der Waals surface area contributed by atoms with Gasteiger partial charge < -0.3 is 10.1 Å². The second kappa shape index (κ2) is 8.24. The largest absolute Gasteiger partial charge is 0.467 e. The number of carbonyl (C=O) groups excluding carboxylic acids is 3. The molecule has 0 aliphatic rings. The fourth-order valence-electron chi connectivity index (χ4n) is 2.55. The van der Waals surface area contributed by atoms with E-state index in [1.165, 1.54) is 7.11 Å². The molecule has 1 N–H and O–H groups in total. The number of benzene rings is 2. The van der Waals surface area contributed by atoms with Crippen LogP contribution in [0.1, 0.15) is 35.7 Å². The van der Waals surface area contributed by atoms with Gasteiger partial charge in [0.25, 0.3) is 0 Å². The lowest BCUT2D eigenvalue weighted by Gasteiger charge is -2.28. The third kappa shape index (κ3) is 4.53. The van der Waals surface area contributed by atoms with Crippen molar-refractivity contribution in [2.45, 2.75) is 25.3 Å². The maximum atomic E-state index is 12.3. The maximum absolute atomic E-state index is 12.3. The monoisotopic (exact) mass is 339 g/mol. The number of rotatable bonds is 7. The van der Waals surface area contributed by atoms with Crippen molar-refractivity contribution in [1.82, 2.24) is 5.32 Å². The average Bonchev–Trinajstić information content (AvgIpc) is 2.66. The minimum absolute atomic E-state index is 0.00680. The lowest BCUT2D eigenvalue weighted by atomic mass is 9.91. The molecule has 1 atom stereocenters. The lowest BCUT2D eigenvalue weighted by Crippen LogP contribution is -2.50. The molecule has 0 aliphatic carbocycles. The highest BCUT2D eigenvalue weighted by atomic mass is 16.5. The summed E-state index contributed by atoms with van der Waals surface area (Å²) in [5.41, 5.74) is -0.123. The smallest absolute Gasteiger partial charge is 0.336 e. The summed E-state index contributed by atoms with van der Waals surface area (Å²) in [5, 5.41) is 2.70. The molecule has 0 aliphatic heterocycles. The second-order valence-corrected chi connectivity index (χ2v) is 5.82. The number of ketones is 1. The molecule has 2 aromatic rings. The minimum atomic E-state index is -1.30. The summed E-state index contributed by atoms with van der Waals surface area (Å²) < 4.78 is 4.84. The first-order valence-electron chi connectivity index (χ1n) is 8.00. The molecule has 1 amide bonds. The Morgan fingerprint density at radius 3 is 2.04 bits per heavy atom. The van der Waals surface area contributed by atoms with Crippen molar-refractivity contribution in [2.24, 2.45) is 0 Å². The Morgan fingerprint density at radius 1 is 0.920 bits per heavy atom. The quantitative estimate of drug-likeness (QED) is 0.622. The first-order valence-corrected chi connectivity index (χ1v) is 8.00. The van der Waals surface area contributed by atoms with Crippen LogP contribution in [-0.4, -0.2) is 24.8 Å². The van der Waals surface area contributed by atoms with E-state index in [1.807, 2.05) is 12.1 Å². The molecular formula is C20H21NO4. The molecule has 0 radical (unpaired) electrons. The molecule has 0 fully saturated rings. The molecule has 0 heterocycles. The zero-order chi connectivity index (χ0) is 18.3. The fraction of sp³-hybridized carbons (Fsp3) is 0.250. The predicted octanol–water partition coefficient (Wildman–Crippen LogP) is 2.85. The second-order valence-electron chi connectivity index (χ2n) is 5.82. The number of ether oxygens (including phenoxy) is 1. The number of carbonyl (C=O) groups is 3. The number of Topliss-reactive ketones (excluding diaryl/α,β-unsaturated/α-hetero) is 1. The molecule has 5 nitrogen and oxygen atoms in total. The van der Waals surface area contributed by atoms with Gasteiger partial charge in [-0.15, -0.1) is 0 Å². The average molecular weight is 339 g/mol. The first-order chi connectivity index (χ1) is 12.0. The van der Waals surface area contributed by atoms with E-state index in [2.05, 4.69) is 5.32 Å². The Balaban J connectivity index is 2.05. The van der Waals surface area contributed by atoms with Crippen molar-refractivity contribution < 1.29 is 19.1 Å². The van der Waals surface area contributed by atoms with Gasteiger partial charge in [0.2, 0.25) is 5.91 Å². The van der Waals surface area contributed by atoms with E-state index in [-0.39, 0.29) is 24.5 Å². The molecule has 0 saturated heterocycles.